The molecule has 1 aromatic heterocycles. The molecule has 1 heterocycles. The molecule has 0 fully saturated rings. The Bertz CT molecular complexity index is 1630. The molecule has 194 valence electrons. The molecule has 0 saturated carbocycles. The molecular formula is C33H26BrFNOPS. The third kappa shape index (κ3) is 4.91. The Morgan fingerprint density at radius 1 is 0.692 bits per heavy atom. The summed E-state index contributed by atoms with van der Waals surface area (Å²) in [6.07, 6.45) is 0.779. The maximum atomic E-state index is 13.6. The average Bonchev–Trinajstić information content (AvgIpc) is 3.40. The van der Waals surface area contributed by atoms with Gasteiger partial charge in [-0.1, -0.05) is 0 Å². The van der Waals surface area contributed by atoms with E-state index in [2.05, 4.69) is 124 Å². The number of benzene rings is 5. The Morgan fingerprint density at radius 3 is 1.87 bits per heavy atom. The Hall–Kier alpha value is -3.37. The fourth-order valence-electron chi connectivity index (χ4n) is 5.17. The molecule has 0 aliphatic heterocycles. The van der Waals surface area contributed by atoms with Gasteiger partial charge in [0.05, 0.1) is 0 Å². The Balaban J connectivity index is 1.40. The van der Waals surface area contributed by atoms with Gasteiger partial charge in [0.15, 0.2) is 0 Å². The summed E-state index contributed by atoms with van der Waals surface area (Å²) in [4.78, 5) is 4.55. The van der Waals surface area contributed by atoms with Gasteiger partial charge in [-0.3, -0.25) is 0 Å². The Kier molecular flexibility index (Phi) is 7.07. The molecule has 0 radical (unpaired) electrons. The standard InChI is InChI=1S/C33H26BrFNOPS/c34-38(28-13-4-1-5-14-28,29-15-6-2-7-16-29,30-17-8-3-9-18-30)24-25-11-10-12-27(21-25)37-23-33-36-31-22-26(35)19-20-32(31)39-33/h1-22H,23-24H2. The summed E-state index contributed by atoms with van der Waals surface area (Å²) < 4.78 is 20.8. The summed E-state index contributed by atoms with van der Waals surface area (Å²) >= 11 is 6.06. The van der Waals surface area contributed by atoms with Crippen LogP contribution in [0.15, 0.2) is 133 Å². The van der Waals surface area contributed by atoms with E-state index in [0.717, 1.165) is 21.6 Å². The number of ether oxygens (including phenoxy) is 1. The number of rotatable bonds is 8. The molecule has 6 aromatic rings. The second-order valence-electron chi connectivity index (χ2n) is 9.50. The zero-order valence-corrected chi connectivity index (χ0v) is 24.4. The molecule has 0 aliphatic rings. The van der Waals surface area contributed by atoms with Crippen LogP contribution in [0, 0.1) is 5.82 Å². The summed E-state index contributed by atoms with van der Waals surface area (Å²) in [6, 6.07) is 45.4. The molecule has 0 N–H and O–H groups in total. The minimum atomic E-state index is -3.11. The summed E-state index contributed by atoms with van der Waals surface area (Å²) in [5, 5.41) is 1.52. The third-order valence-electron chi connectivity index (χ3n) is 7.02. The van der Waals surface area contributed by atoms with Crippen molar-refractivity contribution in [3.8, 4) is 5.75 Å². The second kappa shape index (κ2) is 10.7. The Labute approximate surface area is 239 Å². The van der Waals surface area contributed by atoms with Crippen LogP contribution in [0.25, 0.3) is 10.2 Å². The van der Waals surface area contributed by atoms with Crippen molar-refractivity contribution in [3.05, 3.63) is 150 Å². The van der Waals surface area contributed by atoms with Gasteiger partial charge in [0.2, 0.25) is 0 Å². The zero-order chi connectivity index (χ0) is 26.7. The van der Waals surface area contributed by atoms with Crippen LogP contribution in [0.2, 0.25) is 0 Å². The van der Waals surface area contributed by atoms with Crippen LogP contribution in [0.3, 0.4) is 0 Å². The van der Waals surface area contributed by atoms with Crippen molar-refractivity contribution in [1.82, 2.24) is 4.98 Å². The van der Waals surface area contributed by atoms with E-state index in [9.17, 15) is 4.39 Å². The van der Waals surface area contributed by atoms with Crippen molar-refractivity contribution in [2.24, 2.45) is 0 Å². The van der Waals surface area contributed by atoms with E-state index in [0.29, 0.717) is 12.1 Å². The van der Waals surface area contributed by atoms with Crippen LogP contribution in [0.4, 0.5) is 4.39 Å². The first-order valence-electron chi connectivity index (χ1n) is 12.7. The molecule has 0 aliphatic carbocycles. The van der Waals surface area contributed by atoms with Gasteiger partial charge >= 0.3 is 241 Å². The van der Waals surface area contributed by atoms with Crippen molar-refractivity contribution >= 4 is 58.3 Å². The number of halogens is 2. The minimum absolute atomic E-state index is 0.278. The molecule has 0 unspecified atom stereocenters. The van der Waals surface area contributed by atoms with Crippen molar-refractivity contribution in [1.29, 1.82) is 0 Å². The van der Waals surface area contributed by atoms with Gasteiger partial charge in [-0.2, -0.15) is 0 Å². The van der Waals surface area contributed by atoms with Crippen LogP contribution >= 0.6 is 32.1 Å². The fourth-order valence-corrected chi connectivity index (χ4v) is 13.7. The monoisotopic (exact) mass is 613 g/mol. The van der Waals surface area contributed by atoms with Gasteiger partial charge < -0.3 is 0 Å². The number of nitrogens with zero attached hydrogens (tertiary/aromatic N) is 1. The van der Waals surface area contributed by atoms with E-state index in [1.165, 1.54) is 44.9 Å². The van der Waals surface area contributed by atoms with E-state index in [1.807, 2.05) is 12.1 Å². The number of thiazole rings is 1. The molecule has 2 nitrogen and oxygen atoms in total. The van der Waals surface area contributed by atoms with Crippen LogP contribution in [-0.4, -0.2) is 4.98 Å². The number of fused-ring (bicyclic) bond motifs is 1. The van der Waals surface area contributed by atoms with Crippen LogP contribution in [-0.2, 0) is 12.8 Å². The zero-order valence-electron chi connectivity index (χ0n) is 21.1. The van der Waals surface area contributed by atoms with Crippen molar-refractivity contribution in [2.45, 2.75) is 12.8 Å². The van der Waals surface area contributed by atoms with E-state index in [4.69, 9.17) is 4.74 Å². The van der Waals surface area contributed by atoms with Crippen LogP contribution < -0.4 is 20.7 Å². The topological polar surface area (TPSA) is 22.1 Å². The van der Waals surface area contributed by atoms with E-state index in [1.54, 1.807) is 6.07 Å². The van der Waals surface area contributed by atoms with Gasteiger partial charge in [0.1, 0.15) is 0 Å². The van der Waals surface area contributed by atoms with Crippen LogP contribution in [0.1, 0.15) is 10.6 Å². The van der Waals surface area contributed by atoms with Gasteiger partial charge in [0.25, 0.3) is 0 Å². The second-order valence-corrected chi connectivity index (χ2v) is 19.5. The molecule has 5 aromatic carbocycles. The number of aromatic nitrogens is 1. The van der Waals surface area contributed by atoms with Gasteiger partial charge in [-0.05, 0) is 0 Å². The predicted octanol–water partition coefficient (Wildman–Crippen LogP) is 8.35. The van der Waals surface area contributed by atoms with Crippen LogP contribution in [0.5, 0.6) is 5.75 Å². The van der Waals surface area contributed by atoms with E-state index in [-0.39, 0.29) is 5.82 Å². The normalized spacial score (nSPS) is 12.6. The summed E-state index contributed by atoms with van der Waals surface area (Å²) in [5.74, 6) is 0.504. The molecule has 0 bridgehead atoms. The molecule has 0 amide bonds. The first-order valence-corrected chi connectivity index (χ1v) is 17.9. The quantitative estimate of drug-likeness (QED) is 0.161. The molecule has 0 spiro atoms. The molecule has 0 saturated heterocycles. The van der Waals surface area contributed by atoms with E-state index >= 15 is 0 Å². The SMILES string of the molecule is Fc1ccc2sc(COc3cccc(CP(Br)(c4ccccc4)(c4ccccc4)c4ccccc4)c3)nc2c1. The first-order chi connectivity index (χ1) is 19.0. The van der Waals surface area contributed by atoms with Crippen molar-refractivity contribution < 1.29 is 9.13 Å². The average molecular weight is 615 g/mol. The fraction of sp³-hybridized carbons (Fsp3) is 0.0606. The molecular weight excluding hydrogens is 588 g/mol. The first kappa shape index (κ1) is 25.9. The maximum absolute atomic E-state index is 13.6. The van der Waals surface area contributed by atoms with Gasteiger partial charge in [0, 0.05) is 0 Å². The summed E-state index contributed by atoms with van der Waals surface area (Å²) in [6.45, 7) is 0.332. The third-order valence-corrected chi connectivity index (χ3v) is 17.5. The molecule has 39 heavy (non-hydrogen) atoms. The van der Waals surface area contributed by atoms with Crippen molar-refractivity contribution in [2.75, 3.05) is 0 Å². The number of hydrogen-bond donors (Lipinski definition) is 0. The van der Waals surface area contributed by atoms with E-state index < -0.39 is 5.31 Å². The molecule has 6 heteroatoms. The molecule has 6 rings (SSSR count). The molecule has 0 atom stereocenters. The summed E-state index contributed by atoms with van der Waals surface area (Å²) in [7, 11) is 0. The summed E-state index contributed by atoms with van der Waals surface area (Å²) in [5.41, 5.74) is 1.84. The Morgan fingerprint density at radius 2 is 1.28 bits per heavy atom. The predicted molar refractivity (Wildman–Crippen MR) is 168 cm³/mol. The van der Waals surface area contributed by atoms with Crippen molar-refractivity contribution in [3.63, 3.8) is 0 Å². The number of hydrogen-bond acceptors (Lipinski definition) is 3. The van der Waals surface area contributed by atoms with Gasteiger partial charge in [-0.25, -0.2) is 0 Å². The van der Waals surface area contributed by atoms with Gasteiger partial charge in [-0.15, -0.1) is 0 Å².